The molecular formula is C20H27ClN4OSi. The van der Waals surface area contributed by atoms with Crippen LogP contribution >= 0.6 is 11.6 Å². The van der Waals surface area contributed by atoms with Gasteiger partial charge in [-0.1, -0.05) is 32.4 Å². The Hall–Kier alpha value is -1.76. The molecule has 0 saturated carbocycles. The molecule has 0 saturated heterocycles. The third-order valence-corrected chi connectivity index (χ3v) is 10.0. The van der Waals surface area contributed by atoms with Crippen LogP contribution in [0.1, 0.15) is 33.3 Å². The number of imidazole rings is 1. The van der Waals surface area contributed by atoms with Crippen molar-refractivity contribution < 1.29 is 4.43 Å². The molecule has 0 N–H and O–H groups in total. The van der Waals surface area contributed by atoms with Crippen molar-refractivity contribution in [3.63, 3.8) is 0 Å². The van der Waals surface area contributed by atoms with E-state index in [1.165, 1.54) is 5.56 Å². The van der Waals surface area contributed by atoms with Crippen LogP contribution in [0, 0.1) is 0 Å². The minimum absolute atomic E-state index is 0.149. The lowest BCUT2D eigenvalue weighted by atomic mass is 10.1. The average molecular weight is 403 g/mol. The SMILES string of the molecule is C[C@@H](Cc1ccnc(-c2cnc3ccc(Cl)nn23)c1)O[Si](C)(C)C(C)(C)C. The summed E-state index contributed by atoms with van der Waals surface area (Å²) in [6, 6.07) is 7.70. The van der Waals surface area contributed by atoms with Crippen molar-refractivity contribution in [3.05, 3.63) is 47.4 Å². The van der Waals surface area contributed by atoms with Gasteiger partial charge in [0.05, 0.1) is 11.9 Å². The van der Waals surface area contributed by atoms with E-state index in [9.17, 15) is 0 Å². The molecule has 7 heteroatoms. The van der Waals surface area contributed by atoms with E-state index in [1.54, 1.807) is 16.8 Å². The molecule has 3 aromatic rings. The van der Waals surface area contributed by atoms with Gasteiger partial charge in [-0.15, -0.1) is 0 Å². The fourth-order valence-electron chi connectivity index (χ4n) is 2.82. The van der Waals surface area contributed by atoms with Gasteiger partial charge < -0.3 is 4.43 Å². The number of hydrogen-bond acceptors (Lipinski definition) is 4. The molecule has 0 fully saturated rings. The predicted molar refractivity (Wildman–Crippen MR) is 113 cm³/mol. The van der Waals surface area contributed by atoms with Crippen LogP contribution in [0.5, 0.6) is 0 Å². The Morgan fingerprint density at radius 1 is 1.19 bits per heavy atom. The molecule has 3 heterocycles. The second-order valence-corrected chi connectivity index (χ2v) is 13.7. The molecule has 27 heavy (non-hydrogen) atoms. The number of rotatable bonds is 5. The van der Waals surface area contributed by atoms with Crippen molar-refractivity contribution in [1.82, 2.24) is 19.6 Å². The van der Waals surface area contributed by atoms with Gasteiger partial charge in [-0.25, -0.2) is 9.50 Å². The van der Waals surface area contributed by atoms with Crippen LogP contribution in [0.2, 0.25) is 23.3 Å². The first-order valence-corrected chi connectivity index (χ1v) is 12.5. The molecule has 1 atom stereocenters. The Morgan fingerprint density at radius 2 is 1.93 bits per heavy atom. The van der Waals surface area contributed by atoms with Gasteiger partial charge in [-0.05, 0) is 61.3 Å². The maximum absolute atomic E-state index is 6.49. The Kier molecular flexibility index (Phi) is 5.43. The molecule has 0 amide bonds. The van der Waals surface area contributed by atoms with Gasteiger partial charge in [-0.2, -0.15) is 5.10 Å². The van der Waals surface area contributed by atoms with Crippen molar-refractivity contribution in [2.24, 2.45) is 0 Å². The minimum Gasteiger partial charge on any atom is -0.414 e. The van der Waals surface area contributed by atoms with Crippen LogP contribution < -0.4 is 0 Å². The summed E-state index contributed by atoms with van der Waals surface area (Å²) < 4.78 is 8.22. The van der Waals surface area contributed by atoms with Gasteiger partial charge >= 0.3 is 0 Å². The van der Waals surface area contributed by atoms with Crippen LogP contribution in [0.25, 0.3) is 17.0 Å². The van der Waals surface area contributed by atoms with Gasteiger partial charge in [0.15, 0.2) is 14.0 Å². The molecule has 5 nitrogen and oxygen atoms in total. The third-order valence-electron chi connectivity index (χ3n) is 5.24. The van der Waals surface area contributed by atoms with Gasteiger partial charge in [0.25, 0.3) is 0 Å². The Bertz CT molecular complexity index is 949. The maximum atomic E-state index is 6.49. The lowest BCUT2D eigenvalue weighted by Gasteiger charge is -2.38. The second kappa shape index (κ2) is 7.34. The largest absolute Gasteiger partial charge is 0.414 e. The summed E-state index contributed by atoms with van der Waals surface area (Å²) in [6.07, 6.45) is 4.59. The fourth-order valence-corrected chi connectivity index (χ4v) is 4.40. The van der Waals surface area contributed by atoms with E-state index in [4.69, 9.17) is 16.0 Å². The van der Waals surface area contributed by atoms with E-state index < -0.39 is 8.32 Å². The number of nitrogens with zero attached hydrogens (tertiary/aromatic N) is 4. The molecule has 0 aliphatic heterocycles. The van der Waals surface area contributed by atoms with Crippen molar-refractivity contribution in [2.45, 2.75) is 58.4 Å². The molecule has 0 aliphatic rings. The van der Waals surface area contributed by atoms with E-state index >= 15 is 0 Å². The smallest absolute Gasteiger partial charge is 0.192 e. The van der Waals surface area contributed by atoms with Crippen molar-refractivity contribution in [1.29, 1.82) is 0 Å². The third kappa shape index (κ3) is 4.39. The maximum Gasteiger partial charge on any atom is 0.192 e. The zero-order valence-electron chi connectivity index (χ0n) is 16.8. The van der Waals surface area contributed by atoms with E-state index in [0.29, 0.717) is 5.15 Å². The zero-order valence-corrected chi connectivity index (χ0v) is 18.6. The molecule has 0 aromatic carbocycles. The van der Waals surface area contributed by atoms with Crippen molar-refractivity contribution in [2.75, 3.05) is 0 Å². The average Bonchev–Trinajstić information content (AvgIpc) is 2.96. The molecule has 0 bridgehead atoms. The molecule has 3 aromatic heterocycles. The molecular weight excluding hydrogens is 376 g/mol. The lowest BCUT2D eigenvalue weighted by molar-refractivity contribution is 0.199. The van der Waals surface area contributed by atoms with Gasteiger partial charge in [0.2, 0.25) is 0 Å². The number of aromatic nitrogens is 4. The summed E-state index contributed by atoms with van der Waals surface area (Å²) in [6.45, 7) is 13.5. The Balaban J connectivity index is 1.82. The van der Waals surface area contributed by atoms with Crippen molar-refractivity contribution >= 4 is 25.6 Å². The highest BCUT2D eigenvalue weighted by atomic mass is 35.5. The summed E-state index contributed by atoms with van der Waals surface area (Å²) in [5.74, 6) is 0. The molecule has 0 spiro atoms. The van der Waals surface area contributed by atoms with Crippen LogP contribution in [0.4, 0.5) is 0 Å². The molecule has 0 radical (unpaired) electrons. The first-order valence-electron chi connectivity index (χ1n) is 9.20. The highest BCUT2D eigenvalue weighted by Gasteiger charge is 2.38. The van der Waals surface area contributed by atoms with Crippen LogP contribution in [0.3, 0.4) is 0 Å². The molecule has 3 rings (SSSR count). The van der Waals surface area contributed by atoms with E-state index in [0.717, 1.165) is 23.5 Å². The highest BCUT2D eigenvalue weighted by Crippen LogP contribution is 2.37. The number of pyridine rings is 1. The molecule has 0 aliphatic carbocycles. The quantitative estimate of drug-likeness (QED) is 0.536. The van der Waals surface area contributed by atoms with Gasteiger partial charge in [0, 0.05) is 12.3 Å². The van der Waals surface area contributed by atoms with Crippen molar-refractivity contribution in [3.8, 4) is 11.4 Å². The Labute approximate surface area is 166 Å². The van der Waals surface area contributed by atoms with Crippen LogP contribution in [0.15, 0.2) is 36.7 Å². The topological polar surface area (TPSA) is 52.3 Å². The fraction of sp³-hybridized carbons (Fsp3) is 0.450. The lowest BCUT2D eigenvalue weighted by Crippen LogP contribution is -2.43. The normalized spacial score (nSPS) is 13.9. The molecule has 144 valence electrons. The standard InChI is InChI=1S/C20H27ClN4OSi/c1-14(26-27(5,6)20(2,3)4)11-15-9-10-22-16(12-15)17-13-23-19-8-7-18(21)24-25(17)19/h7-10,12-14H,11H2,1-6H3/t14-/m0/s1. The molecule has 0 unspecified atom stereocenters. The first-order chi connectivity index (χ1) is 12.6. The minimum atomic E-state index is -1.79. The monoisotopic (exact) mass is 402 g/mol. The number of halogens is 1. The second-order valence-electron chi connectivity index (χ2n) is 8.51. The first kappa shape index (κ1) is 20.0. The van der Waals surface area contributed by atoms with Crippen LogP contribution in [-0.4, -0.2) is 34.0 Å². The summed E-state index contributed by atoms with van der Waals surface area (Å²) >= 11 is 6.04. The predicted octanol–water partition coefficient (Wildman–Crippen LogP) is 5.40. The van der Waals surface area contributed by atoms with Gasteiger partial charge in [0.1, 0.15) is 10.8 Å². The highest BCUT2D eigenvalue weighted by molar-refractivity contribution is 6.74. The number of fused-ring (bicyclic) bond motifs is 1. The van der Waals surface area contributed by atoms with Gasteiger partial charge in [-0.3, -0.25) is 4.98 Å². The summed E-state index contributed by atoms with van der Waals surface area (Å²) in [4.78, 5) is 8.89. The number of hydrogen-bond donors (Lipinski definition) is 0. The van der Waals surface area contributed by atoms with Crippen LogP contribution in [-0.2, 0) is 10.8 Å². The van der Waals surface area contributed by atoms with E-state index in [2.05, 4.69) is 61.9 Å². The summed E-state index contributed by atoms with van der Waals surface area (Å²) in [5, 5.41) is 4.96. The Morgan fingerprint density at radius 3 is 2.63 bits per heavy atom. The van der Waals surface area contributed by atoms with E-state index in [-0.39, 0.29) is 11.1 Å². The van der Waals surface area contributed by atoms with E-state index in [1.807, 2.05) is 18.3 Å². The summed E-state index contributed by atoms with van der Waals surface area (Å²) in [5.41, 5.74) is 3.58. The zero-order chi connectivity index (χ0) is 19.8. The summed E-state index contributed by atoms with van der Waals surface area (Å²) in [7, 11) is -1.79.